The van der Waals surface area contributed by atoms with Gasteiger partial charge in [-0.1, -0.05) is 11.6 Å². The second-order valence-electron chi connectivity index (χ2n) is 4.45. The van der Waals surface area contributed by atoms with Crippen molar-refractivity contribution in [3.05, 3.63) is 22.7 Å². The SMILES string of the molecule is COc1cc(CNO)c(Cl)cc1OC1CCCC1. The summed E-state index contributed by atoms with van der Waals surface area (Å²) in [5.74, 6) is 1.33. The predicted molar refractivity (Wildman–Crippen MR) is 69.5 cm³/mol. The smallest absolute Gasteiger partial charge is 0.163 e. The normalized spacial score (nSPS) is 15.9. The molecule has 1 aromatic rings. The van der Waals surface area contributed by atoms with E-state index in [4.69, 9.17) is 26.3 Å². The van der Waals surface area contributed by atoms with Crippen LogP contribution in [0.1, 0.15) is 31.2 Å². The molecular formula is C13H18ClNO3. The van der Waals surface area contributed by atoms with Crippen molar-refractivity contribution in [3.63, 3.8) is 0 Å². The van der Waals surface area contributed by atoms with Gasteiger partial charge in [-0.05, 0) is 37.3 Å². The van der Waals surface area contributed by atoms with E-state index >= 15 is 0 Å². The maximum Gasteiger partial charge on any atom is 0.163 e. The van der Waals surface area contributed by atoms with Gasteiger partial charge in [0.15, 0.2) is 11.5 Å². The first kappa shape index (κ1) is 13.5. The van der Waals surface area contributed by atoms with Crippen molar-refractivity contribution in [2.75, 3.05) is 7.11 Å². The van der Waals surface area contributed by atoms with Crippen LogP contribution in [-0.2, 0) is 6.54 Å². The lowest BCUT2D eigenvalue weighted by atomic mass is 10.2. The molecule has 0 amide bonds. The summed E-state index contributed by atoms with van der Waals surface area (Å²) >= 11 is 6.14. The van der Waals surface area contributed by atoms with E-state index in [0.29, 0.717) is 16.5 Å². The number of benzene rings is 1. The molecule has 0 aliphatic heterocycles. The lowest BCUT2D eigenvalue weighted by Gasteiger charge is -2.17. The Balaban J connectivity index is 2.19. The zero-order valence-electron chi connectivity index (χ0n) is 10.4. The summed E-state index contributed by atoms with van der Waals surface area (Å²) in [5.41, 5.74) is 2.86. The molecule has 0 bridgehead atoms. The Kier molecular flexibility index (Phi) is 4.69. The minimum Gasteiger partial charge on any atom is -0.493 e. The van der Waals surface area contributed by atoms with Gasteiger partial charge in [-0.25, -0.2) is 5.48 Å². The van der Waals surface area contributed by atoms with Crippen LogP contribution in [0.4, 0.5) is 0 Å². The number of nitrogens with one attached hydrogen (secondary N) is 1. The van der Waals surface area contributed by atoms with Crippen LogP contribution in [0.25, 0.3) is 0 Å². The fraction of sp³-hybridized carbons (Fsp3) is 0.538. The highest BCUT2D eigenvalue weighted by atomic mass is 35.5. The van der Waals surface area contributed by atoms with Crippen molar-refractivity contribution >= 4 is 11.6 Å². The van der Waals surface area contributed by atoms with Crippen molar-refractivity contribution in [2.45, 2.75) is 38.3 Å². The summed E-state index contributed by atoms with van der Waals surface area (Å²) in [6.07, 6.45) is 4.86. The lowest BCUT2D eigenvalue weighted by Crippen LogP contribution is -2.12. The molecule has 1 aliphatic rings. The van der Waals surface area contributed by atoms with Gasteiger partial charge in [-0.3, -0.25) is 0 Å². The molecule has 2 rings (SSSR count). The molecule has 1 fully saturated rings. The minimum atomic E-state index is 0.261. The first-order valence-electron chi connectivity index (χ1n) is 6.14. The van der Waals surface area contributed by atoms with Gasteiger partial charge in [-0.15, -0.1) is 0 Å². The molecule has 0 spiro atoms. The Labute approximate surface area is 112 Å². The van der Waals surface area contributed by atoms with Crippen molar-refractivity contribution < 1.29 is 14.7 Å². The maximum atomic E-state index is 8.73. The molecule has 0 saturated heterocycles. The fourth-order valence-electron chi connectivity index (χ4n) is 2.24. The Morgan fingerprint density at radius 3 is 2.67 bits per heavy atom. The summed E-state index contributed by atoms with van der Waals surface area (Å²) in [5, 5.41) is 9.29. The number of rotatable bonds is 5. The number of methoxy groups -OCH3 is 1. The average Bonchev–Trinajstić information content (AvgIpc) is 2.85. The predicted octanol–water partition coefficient (Wildman–Crippen LogP) is 3.15. The average molecular weight is 272 g/mol. The highest BCUT2D eigenvalue weighted by molar-refractivity contribution is 6.31. The van der Waals surface area contributed by atoms with Crippen LogP contribution >= 0.6 is 11.6 Å². The summed E-state index contributed by atoms with van der Waals surface area (Å²) < 4.78 is 11.2. The molecule has 100 valence electrons. The zero-order chi connectivity index (χ0) is 13.0. The number of hydroxylamine groups is 1. The van der Waals surface area contributed by atoms with Gasteiger partial charge in [-0.2, -0.15) is 0 Å². The number of halogens is 1. The van der Waals surface area contributed by atoms with Crippen LogP contribution in [0.15, 0.2) is 12.1 Å². The maximum absolute atomic E-state index is 8.73. The van der Waals surface area contributed by atoms with Crippen molar-refractivity contribution in [1.29, 1.82) is 0 Å². The second-order valence-corrected chi connectivity index (χ2v) is 4.86. The van der Waals surface area contributed by atoms with Crippen LogP contribution in [-0.4, -0.2) is 18.4 Å². The van der Waals surface area contributed by atoms with Crippen LogP contribution in [0.2, 0.25) is 5.02 Å². The fourth-order valence-corrected chi connectivity index (χ4v) is 2.46. The van der Waals surface area contributed by atoms with E-state index in [2.05, 4.69) is 5.48 Å². The molecule has 5 heteroatoms. The van der Waals surface area contributed by atoms with Gasteiger partial charge in [0.25, 0.3) is 0 Å². The molecule has 1 aliphatic carbocycles. The van der Waals surface area contributed by atoms with E-state index in [9.17, 15) is 0 Å². The highest BCUT2D eigenvalue weighted by Gasteiger charge is 2.19. The van der Waals surface area contributed by atoms with E-state index in [0.717, 1.165) is 18.4 Å². The van der Waals surface area contributed by atoms with E-state index in [1.165, 1.54) is 12.8 Å². The third-order valence-corrected chi connectivity index (χ3v) is 3.55. The molecule has 0 heterocycles. The van der Waals surface area contributed by atoms with E-state index in [1.54, 1.807) is 19.2 Å². The van der Waals surface area contributed by atoms with Crippen LogP contribution in [0, 0.1) is 0 Å². The summed E-state index contributed by atoms with van der Waals surface area (Å²) in [4.78, 5) is 0. The Hall–Kier alpha value is -0.970. The van der Waals surface area contributed by atoms with E-state index < -0.39 is 0 Å². The first-order valence-corrected chi connectivity index (χ1v) is 6.52. The molecule has 0 radical (unpaired) electrons. The quantitative estimate of drug-likeness (QED) is 0.808. The molecule has 0 unspecified atom stereocenters. The van der Waals surface area contributed by atoms with E-state index in [-0.39, 0.29) is 12.6 Å². The molecule has 4 nitrogen and oxygen atoms in total. The van der Waals surface area contributed by atoms with Gasteiger partial charge in [0.1, 0.15) is 0 Å². The van der Waals surface area contributed by atoms with Gasteiger partial charge < -0.3 is 14.7 Å². The summed E-state index contributed by atoms with van der Waals surface area (Å²) in [6.45, 7) is 0.277. The Morgan fingerprint density at radius 1 is 1.33 bits per heavy atom. The largest absolute Gasteiger partial charge is 0.493 e. The van der Waals surface area contributed by atoms with Gasteiger partial charge in [0, 0.05) is 17.6 Å². The Morgan fingerprint density at radius 2 is 2.06 bits per heavy atom. The molecule has 1 aromatic carbocycles. The van der Waals surface area contributed by atoms with E-state index in [1.807, 2.05) is 0 Å². The Bertz CT molecular complexity index is 405. The van der Waals surface area contributed by atoms with Crippen LogP contribution in [0.5, 0.6) is 11.5 Å². The molecule has 1 saturated carbocycles. The molecule has 0 atom stereocenters. The second kappa shape index (κ2) is 6.27. The topological polar surface area (TPSA) is 50.7 Å². The number of hydrogen-bond donors (Lipinski definition) is 2. The molecule has 0 aromatic heterocycles. The van der Waals surface area contributed by atoms with Gasteiger partial charge in [0.05, 0.1) is 13.2 Å². The van der Waals surface area contributed by atoms with Gasteiger partial charge >= 0.3 is 0 Å². The molecule has 2 N–H and O–H groups in total. The monoisotopic (exact) mass is 271 g/mol. The molecule has 18 heavy (non-hydrogen) atoms. The minimum absolute atomic E-state index is 0.261. The third kappa shape index (κ3) is 3.07. The summed E-state index contributed by atoms with van der Waals surface area (Å²) in [7, 11) is 1.60. The number of hydrogen-bond acceptors (Lipinski definition) is 4. The lowest BCUT2D eigenvalue weighted by molar-refractivity contribution is 0.161. The molecular weight excluding hydrogens is 254 g/mol. The first-order chi connectivity index (χ1) is 8.74. The number of ether oxygens (including phenoxy) is 2. The standard InChI is InChI=1S/C13H18ClNO3/c1-17-12-6-9(8-15-16)11(14)7-13(12)18-10-4-2-3-5-10/h6-7,10,15-16H,2-5,8H2,1H3. The van der Waals surface area contributed by atoms with Crippen molar-refractivity contribution in [3.8, 4) is 11.5 Å². The zero-order valence-corrected chi connectivity index (χ0v) is 11.2. The van der Waals surface area contributed by atoms with Crippen molar-refractivity contribution in [2.24, 2.45) is 0 Å². The summed E-state index contributed by atoms with van der Waals surface area (Å²) in [6, 6.07) is 3.54. The van der Waals surface area contributed by atoms with Crippen LogP contribution < -0.4 is 15.0 Å². The van der Waals surface area contributed by atoms with Crippen molar-refractivity contribution in [1.82, 2.24) is 5.48 Å². The van der Waals surface area contributed by atoms with Crippen LogP contribution in [0.3, 0.4) is 0 Å². The van der Waals surface area contributed by atoms with Gasteiger partial charge in [0.2, 0.25) is 0 Å². The third-order valence-electron chi connectivity index (χ3n) is 3.20. The highest BCUT2D eigenvalue weighted by Crippen LogP contribution is 2.36.